The van der Waals surface area contributed by atoms with Gasteiger partial charge in [-0.15, -0.1) is 11.8 Å². The van der Waals surface area contributed by atoms with Crippen LogP contribution in [0.25, 0.3) is 0 Å². The monoisotopic (exact) mass is 574 g/mol. The molecular formula is C31H50N4O2S2. The first-order valence-electron chi connectivity index (χ1n) is 15.2. The topological polar surface area (TPSA) is 64.7 Å². The number of carbonyl (C=O) groups is 2. The van der Waals surface area contributed by atoms with Crippen LogP contribution in [-0.4, -0.2) is 82.5 Å². The molecule has 3 fully saturated rings. The summed E-state index contributed by atoms with van der Waals surface area (Å²) in [6, 6.07) is 10.8. The maximum Gasteiger partial charge on any atom is 0.238 e. The van der Waals surface area contributed by atoms with Crippen molar-refractivity contribution in [2.45, 2.75) is 89.9 Å². The molecule has 2 saturated heterocycles. The van der Waals surface area contributed by atoms with Crippen LogP contribution in [0.1, 0.15) is 70.8 Å². The fraction of sp³-hybridized carbons (Fsp3) is 0.742. The first kappa shape index (κ1) is 30.7. The second-order valence-corrected chi connectivity index (χ2v) is 14.2. The number of rotatable bonds is 13. The van der Waals surface area contributed by atoms with Gasteiger partial charge in [0.25, 0.3) is 0 Å². The van der Waals surface area contributed by atoms with E-state index < -0.39 is 0 Å². The Hall–Kier alpha value is -1.22. The first-order valence-corrected chi connectivity index (χ1v) is 17.5. The van der Waals surface area contributed by atoms with Gasteiger partial charge in [0.2, 0.25) is 11.8 Å². The molecule has 3 aliphatic rings. The molecule has 1 aromatic rings. The number of hydrogen-bond donors (Lipinski definition) is 2. The molecule has 2 atom stereocenters. The second kappa shape index (κ2) is 16.3. The van der Waals surface area contributed by atoms with E-state index in [4.69, 9.17) is 0 Å². The maximum atomic E-state index is 13.5. The summed E-state index contributed by atoms with van der Waals surface area (Å²) in [6.07, 6.45) is 9.36. The molecule has 1 unspecified atom stereocenters. The molecule has 4 rings (SSSR count). The van der Waals surface area contributed by atoms with E-state index >= 15 is 0 Å². The van der Waals surface area contributed by atoms with Crippen molar-refractivity contribution < 1.29 is 9.59 Å². The van der Waals surface area contributed by atoms with Gasteiger partial charge >= 0.3 is 0 Å². The lowest BCUT2D eigenvalue weighted by molar-refractivity contribution is -0.132. The summed E-state index contributed by atoms with van der Waals surface area (Å²) >= 11 is 3.77. The third-order valence-electron chi connectivity index (χ3n) is 8.35. The Morgan fingerprint density at radius 3 is 2.51 bits per heavy atom. The molecule has 0 bridgehead atoms. The van der Waals surface area contributed by atoms with Crippen LogP contribution in [0.4, 0.5) is 0 Å². The summed E-state index contributed by atoms with van der Waals surface area (Å²) in [5.74, 6) is 5.22. The van der Waals surface area contributed by atoms with Crippen molar-refractivity contribution in [2.75, 3.05) is 42.8 Å². The van der Waals surface area contributed by atoms with Crippen molar-refractivity contribution >= 4 is 35.3 Å². The van der Waals surface area contributed by atoms with Gasteiger partial charge in [-0.25, -0.2) is 0 Å². The average molecular weight is 575 g/mol. The Labute approximate surface area is 245 Å². The average Bonchev–Trinajstić information content (AvgIpc) is 3.41. The number of benzene rings is 1. The zero-order valence-electron chi connectivity index (χ0n) is 24.1. The van der Waals surface area contributed by atoms with Crippen LogP contribution in [0, 0.1) is 11.8 Å². The quantitative estimate of drug-likeness (QED) is 0.346. The van der Waals surface area contributed by atoms with Crippen LogP contribution >= 0.6 is 23.5 Å². The number of hydrogen-bond acceptors (Lipinski definition) is 6. The molecule has 2 amide bonds. The maximum absolute atomic E-state index is 13.5. The van der Waals surface area contributed by atoms with E-state index in [2.05, 4.69) is 59.7 Å². The van der Waals surface area contributed by atoms with Crippen LogP contribution in [0.2, 0.25) is 0 Å². The molecule has 0 radical (unpaired) electrons. The third-order valence-corrected chi connectivity index (χ3v) is 10.7. The highest BCUT2D eigenvalue weighted by Gasteiger charge is 2.31. The van der Waals surface area contributed by atoms with Crippen molar-refractivity contribution in [3.05, 3.63) is 35.9 Å². The van der Waals surface area contributed by atoms with Gasteiger partial charge in [-0.1, -0.05) is 63.4 Å². The van der Waals surface area contributed by atoms with Crippen molar-refractivity contribution in [2.24, 2.45) is 11.8 Å². The summed E-state index contributed by atoms with van der Waals surface area (Å²) in [7, 11) is 0. The van der Waals surface area contributed by atoms with Crippen LogP contribution in [-0.2, 0) is 16.1 Å². The van der Waals surface area contributed by atoms with Gasteiger partial charge in [0, 0.05) is 50.1 Å². The number of piperidine rings is 1. The summed E-state index contributed by atoms with van der Waals surface area (Å²) in [6.45, 7) is 7.90. The molecule has 8 heteroatoms. The minimum atomic E-state index is -0.214. The highest BCUT2D eigenvalue weighted by molar-refractivity contribution is 7.99. The highest BCUT2D eigenvalue weighted by Crippen LogP contribution is 2.27. The lowest BCUT2D eigenvalue weighted by Crippen LogP contribution is -2.54. The number of likely N-dealkylation sites (tertiary alicyclic amines) is 1. The predicted octanol–water partition coefficient (Wildman–Crippen LogP) is 4.99. The third kappa shape index (κ3) is 10.3. The zero-order chi connectivity index (χ0) is 27.5. The van der Waals surface area contributed by atoms with Gasteiger partial charge < -0.3 is 15.5 Å². The van der Waals surface area contributed by atoms with E-state index in [0.717, 1.165) is 61.5 Å². The Kier molecular flexibility index (Phi) is 12.8. The van der Waals surface area contributed by atoms with E-state index in [1.54, 1.807) is 0 Å². The van der Waals surface area contributed by atoms with E-state index in [1.807, 2.05) is 28.4 Å². The number of nitrogens with one attached hydrogen (secondary N) is 2. The molecule has 0 spiro atoms. The Morgan fingerprint density at radius 1 is 1.05 bits per heavy atom. The van der Waals surface area contributed by atoms with Gasteiger partial charge in [0.1, 0.15) is 0 Å². The van der Waals surface area contributed by atoms with E-state index in [1.165, 1.54) is 37.7 Å². The first-order chi connectivity index (χ1) is 19.0. The zero-order valence-corrected chi connectivity index (χ0v) is 25.7. The van der Waals surface area contributed by atoms with Crippen LogP contribution in [0.5, 0.6) is 0 Å². The van der Waals surface area contributed by atoms with Gasteiger partial charge in [0.15, 0.2) is 0 Å². The summed E-state index contributed by atoms with van der Waals surface area (Å²) in [5, 5.41) is 7.02. The number of carbonyl (C=O) groups excluding carboxylic acids is 2. The molecule has 218 valence electrons. The number of nitrogens with zero attached hydrogens (tertiary/aromatic N) is 2. The minimum absolute atomic E-state index is 0.137. The molecule has 2 N–H and O–H groups in total. The fourth-order valence-electron chi connectivity index (χ4n) is 5.98. The van der Waals surface area contributed by atoms with Crippen molar-refractivity contribution in [3.8, 4) is 0 Å². The predicted molar refractivity (Wildman–Crippen MR) is 166 cm³/mol. The minimum Gasteiger partial charge on any atom is -0.352 e. The van der Waals surface area contributed by atoms with Gasteiger partial charge in [-0.3, -0.25) is 14.5 Å². The van der Waals surface area contributed by atoms with Crippen molar-refractivity contribution in [1.29, 1.82) is 0 Å². The van der Waals surface area contributed by atoms with Gasteiger partial charge in [-0.05, 0) is 48.8 Å². The fourth-order valence-corrected chi connectivity index (χ4v) is 8.52. The Bertz CT molecular complexity index is 873. The number of amides is 2. The standard InChI is InChI=1S/C31H50N4O2S2/c1-24(2)17-30(36)35-23-39-21-28(35)18-32-29(22-38-20-26-11-7-4-8-12-26)31(37)33-27-13-15-34(16-14-27)19-25-9-5-3-6-10-25/h3,5-6,9-10,24,26-29,32H,4,7-8,11-23H2,1-2H3,(H,33,37)/t28-,29?/m1/s1. The molecule has 2 aliphatic heterocycles. The Morgan fingerprint density at radius 2 is 1.79 bits per heavy atom. The molecule has 1 saturated carbocycles. The van der Waals surface area contributed by atoms with Crippen molar-refractivity contribution in [3.63, 3.8) is 0 Å². The SMILES string of the molecule is CC(C)CC(=O)N1CSC[C@H]1CNC(CSCC1CCCCC1)C(=O)NC1CCN(Cc2ccccc2)CC1. The lowest BCUT2D eigenvalue weighted by Gasteiger charge is -2.33. The van der Waals surface area contributed by atoms with Crippen LogP contribution in [0.15, 0.2) is 30.3 Å². The van der Waals surface area contributed by atoms with Crippen LogP contribution in [0.3, 0.4) is 0 Å². The smallest absolute Gasteiger partial charge is 0.238 e. The summed E-state index contributed by atoms with van der Waals surface area (Å²) < 4.78 is 0. The summed E-state index contributed by atoms with van der Waals surface area (Å²) in [4.78, 5) is 30.9. The molecule has 39 heavy (non-hydrogen) atoms. The molecule has 1 aliphatic carbocycles. The van der Waals surface area contributed by atoms with Crippen LogP contribution < -0.4 is 10.6 Å². The van der Waals surface area contributed by atoms with Crippen molar-refractivity contribution in [1.82, 2.24) is 20.4 Å². The Balaban J connectivity index is 1.27. The molecule has 1 aromatic carbocycles. The highest BCUT2D eigenvalue weighted by atomic mass is 32.2. The summed E-state index contributed by atoms with van der Waals surface area (Å²) in [5.41, 5.74) is 1.35. The second-order valence-electron chi connectivity index (χ2n) is 12.2. The largest absolute Gasteiger partial charge is 0.352 e. The van der Waals surface area contributed by atoms with Gasteiger partial charge in [-0.2, -0.15) is 11.8 Å². The normalized spacial score (nSPS) is 22.3. The van der Waals surface area contributed by atoms with E-state index in [9.17, 15) is 9.59 Å². The number of thioether (sulfide) groups is 2. The molecule has 0 aromatic heterocycles. The van der Waals surface area contributed by atoms with E-state index in [0.29, 0.717) is 18.9 Å². The molecule has 6 nitrogen and oxygen atoms in total. The molecular weight excluding hydrogens is 525 g/mol. The van der Waals surface area contributed by atoms with Gasteiger partial charge in [0.05, 0.1) is 18.0 Å². The van der Waals surface area contributed by atoms with E-state index in [-0.39, 0.29) is 29.9 Å². The molecule has 2 heterocycles. The lowest BCUT2D eigenvalue weighted by atomic mass is 9.91.